The second-order valence-electron chi connectivity index (χ2n) is 4.82. The van der Waals surface area contributed by atoms with Crippen LogP contribution in [0.3, 0.4) is 0 Å². The summed E-state index contributed by atoms with van der Waals surface area (Å²) in [5, 5.41) is 0. The van der Waals surface area contributed by atoms with Gasteiger partial charge in [0.05, 0.1) is 0 Å². The van der Waals surface area contributed by atoms with E-state index >= 15 is 0 Å². The molecule has 0 aromatic heterocycles. The van der Waals surface area contributed by atoms with Gasteiger partial charge in [0.15, 0.2) is 0 Å². The summed E-state index contributed by atoms with van der Waals surface area (Å²) in [5.74, 6) is 0.190. The minimum absolute atomic E-state index is 0.190. The first kappa shape index (κ1) is 9.85. The third-order valence-electron chi connectivity index (χ3n) is 3.74. The Balaban J connectivity index is 1.84. The standard InChI is InChI=1S/C13H16N2O/c14-10-5-6-11(7-10)15-8-9-3-1-2-4-12(9)13(15)16/h1-4,10-11H,5-8,14H2. The van der Waals surface area contributed by atoms with Gasteiger partial charge in [0, 0.05) is 24.2 Å². The van der Waals surface area contributed by atoms with Gasteiger partial charge in [-0.1, -0.05) is 18.2 Å². The van der Waals surface area contributed by atoms with E-state index in [9.17, 15) is 4.79 Å². The number of fused-ring (bicyclic) bond motifs is 1. The lowest BCUT2D eigenvalue weighted by molar-refractivity contribution is 0.0706. The molecular formula is C13H16N2O. The Kier molecular flexibility index (Phi) is 2.21. The Morgan fingerprint density at radius 1 is 1.25 bits per heavy atom. The SMILES string of the molecule is NC1CCC(N2Cc3ccccc3C2=O)C1. The van der Waals surface area contributed by atoms with Gasteiger partial charge in [0.25, 0.3) is 5.91 Å². The highest BCUT2D eigenvalue weighted by Gasteiger charge is 2.35. The van der Waals surface area contributed by atoms with Crippen molar-refractivity contribution in [3.05, 3.63) is 35.4 Å². The molecule has 0 radical (unpaired) electrons. The third-order valence-corrected chi connectivity index (χ3v) is 3.74. The Hall–Kier alpha value is -1.35. The lowest BCUT2D eigenvalue weighted by Gasteiger charge is -2.23. The van der Waals surface area contributed by atoms with Gasteiger partial charge in [0.1, 0.15) is 0 Å². The zero-order valence-electron chi connectivity index (χ0n) is 9.23. The van der Waals surface area contributed by atoms with E-state index in [1.807, 2.05) is 29.2 Å². The molecule has 84 valence electrons. The van der Waals surface area contributed by atoms with Crippen molar-refractivity contribution in [1.82, 2.24) is 4.90 Å². The number of carbonyl (C=O) groups is 1. The lowest BCUT2D eigenvalue weighted by Crippen LogP contribution is -2.34. The average molecular weight is 216 g/mol. The fraction of sp³-hybridized carbons (Fsp3) is 0.462. The minimum Gasteiger partial charge on any atom is -0.331 e. The van der Waals surface area contributed by atoms with Gasteiger partial charge >= 0.3 is 0 Å². The molecule has 3 nitrogen and oxygen atoms in total. The molecule has 2 unspecified atom stereocenters. The number of carbonyl (C=O) groups excluding carboxylic acids is 1. The van der Waals surface area contributed by atoms with Crippen molar-refractivity contribution >= 4 is 5.91 Å². The molecule has 1 aromatic rings. The van der Waals surface area contributed by atoms with E-state index in [0.717, 1.165) is 36.9 Å². The Labute approximate surface area is 95.2 Å². The molecule has 0 spiro atoms. The Morgan fingerprint density at radius 3 is 2.75 bits per heavy atom. The summed E-state index contributed by atoms with van der Waals surface area (Å²) in [6, 6.07) is 8.53. The van der Waals surface area contributed by atoms with Crippen LogP contribution in [0.4, 0.5) is 0 Å². The Morgan fingerprint density at radius 2 is 2.06 bits per heavy atom. The Bertz CT molecular complexity index is 430. The third kappa shape index (κ3) is 1.43. The van der Waals surface area contributed by atoms with Gasteiger partial charge < -0.3 is 10.6 Å². The molecule has 1 aliphatic carbocycles. The van der Waals surface area contributed by atoms with Crippen molar-refractivity contribution in [2.45, 2.75) is 37.9 Å². The summed E-state index contributed by atoms with van der Waals surface area (Å²) >= 11 is 0. The summed E-state index contributed by atoms with van der Waals surface area (Å²) < 4.78 is 0. The van der Waals surface area contributed by atoms with Crippen molar-refractivity contribution < 1.29 is 4.79 Å². The lowest BCUT2D eigenvalue weighted by atomic mass is 10.1. The largest absolute Gasteiger partial charge is 0.331 e. The highest BCUT2D eigenvalue weighted by molar-refractivity contribution is 5.98. The van der Waals surface area contributed by atoms with Gasteiger partial charge in [-0.2, -0.15) is 0 Å². The van der Waals surface area contributed by atoms with Crippen LogP contribution in [0.2, 0.25) is 0 Å². The van der Waals surface area contributed by atoms with Crippen LogP contribution in [0.5, 0.6) is 0 Å². The first-order chi connectivity index (χ1) is 7.75. The molecule has 1 heterocycles. The van der Waals surface area contributed by atoms with Crippen LogP contribution in [0.15, 0.2) is 24.3 Å². The van der Waals surface area contributed by atoms with Gasteiger partial charge in [-0.15, -0.1) is 0 Å². The van der Waals surface area contributed by atoms with E-state index in [4.69, 9.17) is 5.73 Å². The zero-order chi connectivity index (χ0) is 11.1. The summed E-state index contributed by atoms with van der Waals surface area (Å²) in [5.41, 5.74) is 7.94. The summed E-state index contributed by atoms with van der Waals surface area (Å²) in [6.45, 7) is 0.770. The normalized spacial score (nSPS) is 28.6. The van der Waals surface area contributed by atoms with Crippen LogP contribution in [0.1, 0.15) is 35.2 Å². The van der Waals surface area contributed by atoms with Gasteiger partial charge in [-0.05, 0) is 30.9 Å². The van der Waals surface area contributed by atoms with Crippen LogP contribution in [-0.4, -0.2) is 22.9 Å². The van der Waals surface area contributed by atoms with Crippen LogP contribution < -0.4 is 5.73 Å². The molecule has 2 atom stereocenters. The van der Waals surface area contributed by atoms with E-state index in [1.54, 1.807) is 0 Å². The van der Waals surface area contributed by atoms with E-state index in [2.05, 4.69) is 0 Å². The second kappa shape index (κ2) is 3.59. The summed E-state index contributed by atoms with van der Waals surface area (Å²) in [4.78, 5) is 14.2. The van der Waals surface area contributed by atoms with E-state index in [0.29, 0.717) is 6.04 Å². The van der Waals surface area contributed by atoms with Crippen LogP contribution >= 0.6 is 0 Å². The molecule has 1 saturated carbocycles. The summed E-state index contributed by atoms with van der Waals surface area (Å²) in [7, 11) is 0. The van der Waals surface area contributed by atoms with Crippen molar-refractivity contribution in [1.29, 1.82) is 0 Å². The molecule has 3 heteroatoms. The van der Waals surface area contributed by atoms with Gasteiger partial charge in [0.2, 0.25) is 0 Å². The van der Waals surface area contributed by atoms with E-state index < -0.39 is 0 Å². The molecule has 16 heavy (non-hydrogen) atoms. The molecule has 2 aliphatic rings. The smallest absolute Gasteiger partial charge is 0.254 e. The fourth-order valence-corrected chi connectivity index (χ4v) is 2.85. The molecule has 0 bridgehead atoms. The molecule has 1 fully saturated rings. The van der Waals surface area contributed by atoms with Crippen molar-refractivity contribution in [3.63, 3.8) is 0 Å². The zero-order valence-corrected chi connectivity index (χ0v) is 9.23. The number of nitrogens with two attached hydrogens (primary N) is 1. The van der Waals surface area contributed by atoms with E-state index in [-0.39, 0.29) is 11.9 Å². The minimum atomic E-state index is 0.190. The predicted molar refractivity (Wildman–Crippen MR) is 61.9 cm³/mol. The average Bonchev–Trinajstić information content (AvgIpc) is 2.84. The second-order valence-corrected chi connectivity index (χ2v) is 4.82. The van der Waals surface area contributed by atoms with Crippen molar-refractivity contribution in [2.24, 2.45) is 5.73 Å². The highest BCUT2D eigenvalue weighted by atomic mass is 16.2. The van der Waals surface area contributed by atoms with E-state index in [1.165, 1.54) is 0 Å². The first-order valence-electron chi connectivity index (χ1n) is 5.90. The van der Waals surface area contributed by atoms with Gasteiger partial charge in [-0.25, -0.2) is 0 Å². The number of rotatable bonds is 1. The number of hydrogen-bond donors (Lipinski definition) is 1. The quantitative estimate of drug-likeness (QED) is 0.773. The maximum absolute atomic E-state index is 12.2. The number of hydrogen-bond acceptors (Lipinski definition) is 2. The van der Waals surface area contributed by atoms with Crippen molar-refractivity contribution in [3.8, 4) is 0 Å². The monoisotopic (exact) mass is 216 g/mol. The highest BCUT2D eigenvalue weighted by Crippen LogP contribution is 2.30. The molecule has 1 aromatic carbocycles. The number of nitrogens with zero attached hydrogens (tertiary/aromatic N) is 1. The predicted octanol–water partition coefficient (Wildman–Crippen LogP) is 1.52. The molecule has 1 aliphatic heterocycles. The van der Waals surface area contributed by atoms with Crippen LogP contribution in [-0.2, 0) is 6.54 Å². The topological polar surface area (TPSA) is 46.3 Å². The number of benzene rings is 1. The number of amides is 1. The first-order valence-corrected chi connectivity index (χ1v) is 5.90. The van der Waals surface area contributed by atoms with Gasteiger partial charge in [-0.3, -0.25) is 4.79 Å². The molecule has 0 saturated heterocycles. The molecule has 3 rings (SSSR count). The molecule has 1 amide bonds. The van der Waals surface area contributed by atoms with Crippen LogP contribution in [0, 0.1) is 0 Å². The maximum atomic E-state index is 12.2. The van der Waals surface area contributed by atoms with Crippen LogP contribution in [0.25, 0.3) is 0 Å². The summed E-state index contributed by atoms with van der Waals surface area (Å²) in [6.07, 6.45) is 3.06. The van der Waals surface area contributed by atoms with Crippen molar-refractivity contribution in [2.75, 3.05) is 0 Å². The molecule has 2 N–H and O–H groups in total. The maximum Gasteiger partial charge on any atom is 0.254 e. The molecular weight excluding hydrogens is 200 g/mol. The fourth-order valence-electron chi connectivity index (χ4n) is 2.85.